The molecular formula is C14H21N3O3. The first kappa shape index (κ1) is 14.6. The van der Waals surface area contributed by atoms with Crippen LogP contribution in [0.5, 0.6) is 0 Å². The van der Waals surface area contributed by atoms with Gasteiger partial charge in [0.15, 0.2) is 0 Å². The number of aromatic nitrogens is 2. The highest BCUT2D eigenvalue weighted by atomic mass is 16.4. The van der Waals surface area contributed by atoms with E-state index in [1.807, 2.05) is 12.3 Å². The summed E-state index contributed by atoms with van der Waals surface area (Å²) in [5.74, 6) is -1.01. The molecule has 1 aliphatic carbocycles. The highest BCUT2D eigenvalue weighted by molar-refractivity contribution is 5.85. The predicted octanol–water partition coefficient (Wildman–Crippen LogP) is 1.42. The molecule has 1 fully saturated rings. The molecule has 0 saturated heterocycles. The molecule has 1 amide bonds. The first-order chi connectivity index (χ1) is 9.62. The van der Waals surface area contributed by atoms with E-state index in [1.54, 1.807) is 10.9 Å². The summed E-state index contributed by atoms with van der Waals surface area (Å²) in [7, 11) is 0. The number of carboxylic acid groups (broad SMARTS) is 1. The number of hydrogen-bond donors (Lipinski definition) is 2. The van der Waals surface area contributed by atoms with Crippen molar-refractivity contribution in [1.29, 1.82) is 0 Å². The third kappa shape index (κ3) is 3.59. The summed E-state index contributed by atoms with van der Waals surface area (Å²) in [6.45, 7) is 1.06. The van der Waals surface area contributed by atoms with Crippen LogP contribution in [-0.4, -0.2) is 33.3 Å². The smallest absolute Gasteiger partial charge is 0.310 e. The van der Waals surface area contributed by atoms with E-state index in [4.69, 9.17) is 0 Å². The summed E-state index contributed by atoms with van der Waals surface area (Å²) in [5.41, 5.74) is -0.853. The molecule has 0 bridgehead atoms. The molecule has 20 heavy (non-hydrogen) atoms. The first-order valence-corrected chi connectivity index (χ1v) is 7.10. The van der Waals surface area contributed by atoms with Gasteiger partial charge in [0, 0.05) is 25.4 Å². The Morgan fingerprint density at radius 2 is 2.05 bits per heavy atom. The van der Waals surface area contributed by atoms with Crippen LogP contribution in [-0.2, 0) is 16.1 Å². The van der Waals surface area contributed by atoms with Crippen LogP contribution >= 0.6 is 0 Å². The van der Waals surface area contributed by atoms with Gasteiger partial charge in [-0.15, -0.1) is 0 Å². The van der Waals surface area contributed by atoms with Crippen LogP contribution in [0.4, 0.5) is 0 Å². The summed E-state index contributed by atoms with van der Waals surface area (Å²) in [6, 6.07) is 1.82. The number of rotatable bonds is 6. The molecule has 1 aliphatic rings. The Kier molecular flexibility index (Phi) is 4.76. The second-order valence-electron chi connectivity index (χ2n) is 5.44. The number of hydrogen-bond acceptors (Lipinski definition) is 3. The standard InChI is InChI=1S/C14H21N3O3/c18-12(15-8-10-17-9-4-7-16-17)11-14(13(19)20)5-2-1-3-6-14/h4,7,9H,1-3,5-6,8,10-11H2,(H,15,18)(H,19,20). The van der Waals surface area contributed by atoms with Gasteiger partial charge in [-0.25, -0.2) is 0 Å². The van der Waals surface area contributed by atoms with Crippen molar-refractivity contribution in [3.63, 3.8) is 0 Å². The van der Waals surface area contributed by atoms with Gasteiger partial charge < -0.3 is 10.4 Å². The topological polar surface area (TPSA) is 84.2 Å². The Morgan fingerprint density at radius 3 is 2.65 bits per heavy atom. The molecule has 0 spiro atoms. The predicted molar refractivity (Wildman–Crippen MR) is 73.0 cm³/mol. The maximum absolute atomic E-state index is 11.9. The average molecular weight is 279 g/mol. The van der Waals surface area contributed by atoms with E-state index in [1.165, 1.54) is 0 Å². The van der Waals surface area contributed by atoms with Gasteiger partial charge >= 0.3 is 5.97 Å². The quantitative estimate of drug-likeness (QED) is 0.825. The normalized spacial score (nSPS) is 17.6. The zero-order valence-corrected chi connectivity index (χ0v) is 11.5. The SMILES string of the molecule is O=C(CC1(C(=O)O)CCCCC1)NCCn1cccn1. The van der Waals surface area contributed by atoms with Gasteiger partial charge in [-0.2, -0.15) is 5.10 Å². The molecule has 6 nitrogen and oxygen atoms in total. The molecule has 0 atom stereocenters. The largest absolute Gasteiger partial charge is 0.481 e. The van der Waals surface area contributed by atoms with E-state index in [2.05, 4.69) is 10.4 Å². The molecule has 1 aromatic rings. The van der Waals surface area contributed by atoms with Crippen molar-refractivity contribution in [3.05, 3.63) is 18.5 Å². The van der Waals surface area contributed by atoms with E-state index < -0.39 is 11.4 Å². The highest BCUT2D eigenvalue weighted by Gasteiger charge is 2.41. The molecule has 0 aliphatic heterocycles. The monoisotopic (exact) mass is 279 g/mol. The molecule has 1 aromatic heterocycles. The van der Waals surface area contributed by atoms with Crippen LogP contribution in [0.15, 0.2) is 18.5 Å². The Hall–Kier alpha value is -1.85. The van der Waals surface area contributed by atoms with E-state index in [0.717, 1.165) is 19.3 Å². The van der Waals surface area contributed by atoms with Gasteiger partial charge in [0.25, 0.3) is 0 Å². The number of nitrogens with one attached hydrogen (secondary N) is 1. The molecule has 0 aromatic carbocycles. The van der Waals surface area contributed by atoms with Crippen LogP contribution in [0, 0.1) is 5.41 Å². The van der Waals surface area contributed by atoms with Crippen LogP contribution in [0.1, 0.15) is 38.5 Å². The third-order valence-corrected chi connectivity index (χ3v) is 3.99. The first-order valence-electron chi connectivity index (χ1n) is 7.10. The second kappa shape index (κ2) is 6.54. The highest BCUT2D eigenvalue weighted by Crippen LogP contribution is 2.39. The molecule has 0 radical (unpaired) electrons. The van der Waals surface area contributed by atoms with E-state index >= 15 is 0 Å². The number of amides is 1. The van der Waals surface area contributed by atoms with Gasteiger partial charge in [0.05, 0.1) is 12.0 Å². The molecule has 1 saturated carbocycles. The Morgan fingerprint density at radius 1 is 1.30 bits per heavy atom. The number of nitrogens with zero attached hydrogens (tertiary/aromatic N) is 2. The van der Waals surface area contributed by atoms with Gasteiger partial charge in [-0.3, -0.25) is 14.3 Å². The lowest BCUT2D eigenvalue weighted by Gasteiger charge is -2.32. The third-order valence-electron chi connectivity index (χ3n) is 3.99. The Bertz CT molecular complexity index is 450. The van der Waals surface area contributed by atoms with Crippen LogP contribution in [0.25, 0.3) is 0 Å². The maximum atomic E-state index is 11.9. The Labute approximate surface area is 118 Å². The molecule has 2 rings (SSSR count). The maximum Gasteiger partial charge on any atom is 0.310 e. The number of carboxylic acids is 1. The van der Waals surface area contributed by atoms with Crippen molar-refractivity contribution >= 4 is 11.9 Å². The fraction of sp³-hybridized carbons (Fsp3) is 0.643. The van der Waals surface area contributed by atoms with Gasteiger partial charge in [0.1, 0.15) is 0 Å². The lowest BCUT2D eigenvalue weighted by molar-refractivity contribution is -0.154. The van der Waals surface area contributed by atoms with Crippen molar-refractivity contribution in [2.24, 2.45) is 5.41 Å². The Balaban J connectivity index is 1.81. The summed E-state index contributed by atoms with van der Waals surface area (Å²) in [6.07, 6.45) is 7.66. The minimum Gasteiger partial charge on any atom is -0.481 e. The lowest BCUT2D eigenvalue weighted by atomic mass is 9.71. The van der Waals surface area contributed by atoms with E-state index in [9.17, 15) is 14.7 Å². The molecular weight excluding hydrogens is 258 g/mol. The zero-order valence-electron chi connectivity index (χ0n) is 11.5. The number of carbonyl (C=O) groups is 2. The average Bonchev–Trinajstić information content (AvgIpc) is 2.93. The van der Waals surface area contributed by atoms with Crippen LogP contribution in [0.3, 0.4) is 0 Å². The van der Waals surface area contributed by atoms with E-state index in [0.29, 0.717) is 25.9 Å². The second-order valence-corrected chi connectivity index (χ2v) is 5.44. The summed E-state index contributed by atoms with van der Waals surface area (Å²) in [5, 5.41) is 16.2. The minimum absolute atomic E-state index is 0.0848. The number of carbonyl (C=O) groups excluding carboxylic acids is 1. The van der Waals surface area contributed by atoms with Crippen molar-refractivity contribution in [1.82, 2.24) is 15.1 Å². The van der Waals surface area contributed by atoms with Crippen LogP contribution < -0.4 is 5.32 Å². The lowest BCUT2D eigenvalue weighted by Crippen LogP contribution is -2.39. The minimum atomic E-state index is -0.853. The fourth-order valence-electron chi connectivity index (χ4n) is 2.81. The van der Waals surface area contributed by atoms with Crippen LogP contribution in [0.2, 0.25) is 0 Å². The molecule has 6 heteroatoms. The molecule has 110 valence electrons. The van der Waals surface area contributed by atoms with Crippen molar-refractivity contribution in [2.75, 3.05) is 6.54 Å². The summed E-state index contributed by atoms with van der Waals surface area (Å²) in [4.78, 5) is 23.4. The summed E-state index contributed by atoms with van der Waals surface area (Å²) < 4.78 is 1.73. The van der Waals surface area contributed by atoms with Gasteiger partial charge in [-0.1, -0.05) is 19.3 Å². The van der Waals surface area contributed by atoms with Crippen molar-refractivity contribution in [3.8, 4) is 0 Å². The molecule has 2 N–H and O–H groups in total. The zero-order chi connectivity index (χ0) is 14.4. The van der Waals surface area contributed by atoms with Crippen molar-refractivity contribution in [2.45, 2.75) is 45.1 Å². The molecule has 1 heterocycles. The van der Waals surface area contributed by atoms with Gasteiger partial charge in [-0.05, 0) is 18.9 Å². The molecule has 0 unspecified atom stereocenters. The number of aliphatic carboxylic acids is 1. The van der Waals surface area contributed by atoms with Crippen molar-refractivity contribution < 1.29 is 14.7 Å². The van der Waals surface area contributed by atoms with E-state index in [-0.39, 0.29) is 12.3 Å². The van der Waals surface area contributed by atoms with Gasteiger partial charge in [0.2, 0.25) is 5.91 Å². The fourth-order valence-corrected chi connectivity index (χ4v) is 2.81. The summed E-state index contributed by atoms with van der Waals surface area (Å²) >= 11 is 0.